The fourth-order valence-electron chi connectivity index (χ4n) is 3.55. The Balaban J connectivity index is 1.74. The lowest BCUT2D eigenvalue weighted by Crippen LogP contribution is -3.14. The first kappa shape index (κ1) is 15.1. The molecule has 1 aromatic heterocycles. The van der Waals surface area contributed by atoms with Crippen molar-refractivity contribution in [3.63, 3.8) is 0 Å². The molecule has 1 unspecified atom stereocenters. The van der Waals surface area contributed by atoms with E-state index in [1.54, 1.807) is 7.11 Å². The molecule has 3 rings (SSSR count). The van der Waals surface area contributed by atoms with Crippen molar-refractivity contribution >= 4 is 16.7 Å². The predicted octanol–water partition coefficient (Wildman–Crippen LogP) is 2.21. The molecule has 0 saturated heterocycles. The maximum absolute atomic E-state index is 12.7. The van der Waals surface area contributed by atoms with E-state index in [4.69, 9.17) is 4.74 Å². The van der Waals surface area contributed by atoms with E-state index >= 15 is 0 Å². The molecule has 118 valence electrons. The largest absolute Gasteiger partial charge is 0.497 e. The van der Waals surface area contributed by atoms with Crippen molar-refractivity contribution in [1.29, 1.82) is 0 Å². The Morgan fingerprint density at radius 3 is 2.82 bits per heavy atom. The number of methoxy groups -OCH3 is 1. The standard InChI is InChI=1S/C18H24N2O2/c1-20(13-6-4-3-5-7-13)12-18(21)16-11-19-17-10-14(22-2)8-9-15(16)17/h8-11,13,19H,3-7,12H2,1-2H3/p+1. The molecule has 1 heterocycles. The molecule has 0 amide bonds. The third-order valence-electron chi connectivity index (χ3n) is 4.93. The second kappa shape index (κ2) is 6.53. The number of rotatable bonds is 5. The van der Waals surface area contributed by atoms with Crippen molar-refractivity contribution in [2.24, 2.45) is 0 Å². The summed E-state index contributed by atoms with van der Waals surface area (Å²) in [5.41, 5.74) is 1.76. The van der Waals surface area contributed by atoms with E-state index in [1.165, 1.54) is 37.0 Å². The molecule has 0 aliphatic heterocycles. The van der Waals surface area contributed by atoms with Crippen molar-refractivity contribution in [3.05, 3.63) is 30.0 Å². The summed E-state index contributed by atoms with van der Waals surface area (Å²) in [5, 5.41) is 0.988. The van der Waals surface area contributed by atoms with Gasteiger partial charge in [-0.2, -0.15) is 0 Å². The number of fused-ring (bicyclic) bond motifs is 1. The SMILES string of the molecule is COc1ccc2c(C(=O)C[NH+](C)C3CCCCC3)c[nH]c2c1. The van der Waals surface area contributed by atoms with Gasteiger partial charge in [-0.05, 0) is 37.8 Å². The second-order valence-electron chi connectivity index (χ2n) is 6.40. The van der Waals surface area contributed by atoms with Crippen molar-refractivity contribution in [2.45, 2.75) is 38.1 Å². The summed E-state index contributed by atoms with van der Waals surface area (Å²) in [4.78, 5) is 17.2. The number of ketones is 1. The van der Waals surface area contributed by atoms with Gasteiger partial charge >= 0.3 is 0 Å². The first-order valence-electron chi connectivity index (χ1n) is 8.19. The third-order valence-corrected chi connectivity index (χ3v) is 4.93. The van der Waals surface area contributed by atoms with Gasteiger partial charge in [-0.25, -0.2) is 0 Å². The van der Waals surface area contributed by atoms with Crippen LogP contribution in [0.1, 0.15) is 42.5 Å². The number of Topliss-reactive ketones (excluding diaryl/α,β-unsaturated/α-hetero) is 1. The number of carbonyl (C=O) groups excluding carboxylic acids is 1. The number of ether oxygens (including phenoxy) is 1. The van der Waals surface area contributed by atoms with Gasteiger partial charge in [0.25, 0.3) is 0 Å². The lowest BCUT2D eigenvalue weighted by Gasteiger charge is -2.27. The van der Waals surface area contributed by atoms with Crippen LogP contribution >= 0.6 is 0 Å². The highest BCUT2D eigenvalue weighted by Gasteiger charge is 2.24. The molecule has 4 heteroatoms. The Morgan fingerprint density at radius 1 is 1.32 bits per heavy atom. The van der Waals surface area contributed by atoms with E-state index in [9.17, 15) is 4.79 Å². The molecular formula is C18H25N2O2+. The van der Waals surface area contributed by atoms with Gasteiger partial charge in [0.05, 0.1) is 20.2 Å². The fourth-order valence-corrected chi connectivity index (χ4v) is 3.55. The van der Waals surface area contributed by atoms with Crippen LogP contribution in [0.3, 0.4) is 0 Å². The van der Waals surface area contributed by atoms with Gasteiger partial charge in [0.15, 0.2) is 0 Å². The van der Waals surface area contributed by atoms with Gasteiger partial charge in [-0.3, -0.25) is 4.79 Å². The summed E-state index contributed by atoms with van der Waals surface area (Å²) >= 11 is 0. The van der Waals surface area contributed by atoms with E-state index in [2.05, 4.69) is 12.0 Å². The average molecular weight is 301 g/mol. The number of likely N-dealkylation sites (N-methyl/N-ethyl adjacent to an activating group) is 1. The number of hydrogen-bond acceptors (Lipinski definition) is 2. The van der Waals surface area contributed by atoms with Crippen molar-refractivity contribution in [2.75, 3.05) is 20.7 Å². The smallest absolute Gasteiger partial charge is 0.219 e. The number of benzene rings is 1. The molecule has 4 nitrogen and oxygen atoms in total. The minimum atomic E-state index is 0.222. The molecule has 0 bridgehead atoms. The van der Waals surface area contributed by atoms with Gasteiger partial charge in [-0.1, -0.05) is 6.42 Å². The molecule has 1 fully saturated rings. The number of hydrogen-bond donors (Lipinski definition) is 2. The summed E-state index contributed by atoms with van der Waals surface area (Å²) < 4.78 is 5.23. The maximum atomic E-state index is 12.7. The molecule has 1 aliphatic carbocycles. The minimum absolute atomic E-state index is 0.222. The number of carbonyl (C=O) groups is 1. The first-order chi connectivity index (χ1) is 10.7. The number of aromatic amines is 1. The van der Waals surface area contributed by atoms with Crippen LogP contribution in [-0.2, 0) is 0 Å². The second-order valence-corrected chi connectivity index (χ2v) is 6.40. The zero-order valence-corrected chi connectivity index (χ0v) is 13.4. The summed E-state index contributed by atoms with van der Waals surface area (Å²) in [5.74, 6) is 1.03. The van der Waals surface area contributed by atoms with E-state index in [0.29, 0.717) is 12.6 Å². The molecule has 22 heavy (non-hydrogen) atoms. The minimum Gasteiger partial charge on any atom is -0.497 e. The Bertz CT molecular complexity index is 656. The molecular weight excluding hydrogens is 276 g/mol. The summed E-state index contributed by atoms with van der Waals surface area (Å²) in [6, 6.07) is 6.45. The van der Waals surface area contributed by atoms with Crippen molar-refractivity contribution in [1.82, 2.24) is 4.98 Å². The molecule has 1 aliphatic rings. The third kappa shape index (κ3) is 3.02. The van der Waals surface area contributed by atoms with Crippen LogP contribution in [0, 0.1) is 0 Å². The highest BCUT2D eigenvalue weighted by Crippen LogP contribution is 2.23. The van der Waals surface area contributed by atoms with Gasteiger partial charge < -0.3 is 14.6 Å². The van der Waals surface area contributed by atoms with Crippen LogP contribution in [0.5, 0.6) is 5.75 Å². The zero-order chi connectivity index (χ0) is 15.5. The number of nitrogens with one attached hydrogen (secondary N) is 2. The summed E-state index contributed by atoms with van der Waals surface area (Å²) in [6.07, 6.45) is 8.31. The van der Waals surface area contributed by atoms with E-state index in [1.807, 2.05) is 24.4 Å². The van der Waals surface area contributed by atoms with Crippen LogP contribution in [0.15, 0.2) is 24.4 Å². The van der Waals surface area contributed by atoms with Gasteiger partial charge in [0.2, 0.25) is 5.78 Å². The molecule has 0 radical (unpaired) electrons. The Kier molecular flexibility index (Phi) is 4.48. The monoisotopic (exact) mass is 301 g/mol. The van der Waals surface area contributed by atoms with Crippen LogP contribution < -0.4 is 9.64 Å². The molecule has 1 atom stereocenters. The van der Waals surface area contributed by atoms with Crippen molar-refractivity contribution < 1.29 is 14.4 Å². The van der Waals surface area contributed by atoms with Crippen LogP contribution in [0.4, 0.5) is 0 Å². The van der Waals surface area contributed by atoms with Crippen molar-refractivity contribution in [3.8, 4) is 5.75 Å². The Labute approximate surface area is 131 Å². The van der Waals surface area contributed by atoms with Crippen LogP contribution in [0.2, 0.25) is 0 Å². The molecule has 2 N–H and O–H groups in total. The Hall–Kier alpha value is -1.81. The van der Waals surface area contributed by atoms with Crippen LogP contribution in [0.25, 0.3) is 10.9 Å². The lowest BCUT2D eigenvalue weighted by atomic mass is 9.94. The number of aromatic nitrogens is 1. The van der Waals surface area contributed by atoms with Gasteiger partial charge in [0.1, 0.15) is 12.3 Å². The topological polar surface area (TPSA) is 46.5 Å². The van der Waals surface area contributed by atoms with Crippen LogP contribution in [-0.4, -0.2) is 37.5 Å². The highest BCUT2D eigenvalue weighted by atomic mass is 16.5. The summed E-state index contributed by atoms with van der Waals surface area (Å²) in [7, 11) is 3.81. The highest BCUT2D eigenvalue weighted by molar-refractivity contribution is 6.08. The van der Waals surface area contributed by atoms with E-state index in [0.717, 1.165) is 22.2 Å². The lowest BCUT2D eigenvalue weighted by molar-refractivity contribution is -0.898. The fraction of sp³-hybridized carbons (Fsp3) is 0.500. The number of H-pyrrole nitrogens is 1. The average Bonchev–Trinajstić information content (AvgIpc) is 2.98. The van der Waals surface area contributed by atoms with Gasteiger partial charge in [-0.15, -0.1) is 0 Å². The first-order valence-corrected chi connectivity index (χ1v) is 8.19. The molecule has 1 saturated carbocycles. The maximum Gasteiger partial charge on any atom is 0.219 e. The molecule has 2 aromatic rings. The Morgan fingerprint density at radius 2 is 2.09 bits per heavy atom. The number of quaternary nitrogens is 1. The van der Waals surface area contributed by atoms with E-state index < -0.39 is 0 Å². The van der Waals surface area contributed by atoms with Gasteiger partial charge in [0, 0.05) is 28.7 Å². The zero-order valence-electron chi connectivity index (χ0n) is 13.4. The summed E-state index contributed by atoms with van der Waals surface area (Å²) in [6.45, 7) is 0.573. The predicted molar refractivity (Wildman–Crippen MR) is 87.8 cm³/mol. The molecule has 1 aromatic carbocycles. The normalized spacial score (nSPS) is 17.5. The molecule has 0 spiro atoms. The van der Waals surface area contributed by atoms with E-state index in [-0.39, 0.29) is 5.78 Å². The quantitative estimate of drug-likeness (QED) is 0.832.